The summed E-state index contributed by atoms with van der Waals surface area (Å²) in [4.78, 5) is 27.3. The van der Waals surface area contributed by atoms with Crippen LogP contribution in [0.3, 0.4) is 0 Å². The van der Waals surface area contributed by atoms with Gasteiger partial charge in [0.25, 0.3) is 5.91 Å². The third-order valence-electron chi connectivity index (χ3n) is 7.61. The molecule has 0 saturated carbocycles. The van der Waals surface area contributed by atoms with Crippen LogP contribution in [0.1, 0.15) is 40.3 Å². The predicted molar refractivity (Wildman–Crippen MR) is 189 cm³/mol. The second-order valence-electron chi connectivity index (χ2n) is 11.2. The highest BCUT2D eigenvalue weighted by Gasteiger charge is 2.31. The van der Waals surface area contributed by atoms with Crippen LogP contribution < -0.4 is 9.47 Å². The molecule has 1 atom stereocenters. The molecule has 48 heavy (non-hydrogen) atoms. The number of rotatable bonds is 16. The van der Waals surface area contributed by atoms with Gasteiger partial charge in [-0.05, 0) is 59.4 Å². The summed E-state index contributed by atoms with van der Waals surface area (Å²) < 4.78 is 17.7. The molecule has 0 fully saturated rings. The summed E-state index contributed by atoms with van der Waals surface area (Å²) in [5.74, 6) is 0.0229. The molecule has 0 spiro atoms. The molecular formula is C40H37Cl2NO5. The Hall–Kier alpha value is -4.78. The van der Waals surface area contributed by atoms with Crippen molar-refractivity contribution < 1.29 is 23.8 Å². The number of aryl methyl sites for hydroxylation is 1. The van der Waals surface area contributed by atoms with Gasteiger partial charge in [0, 0.05) is 18.7 Å². The molecule has 0 aliphatic rings. The largest absolute Gasteiger partial charge is 0.489 e. The van der Waals surface area contributed by atoms with Crippen LogP contribution in [0.5, 0.6) is 11.5 Å². The molecule has 246 valence electrons. The van der Waals surface area contributed by atoms with E-state index in [1.54, 1.807) is 29.2 Å². The van der Waals surface area contributed by atoms with E-state index in [9.17, 15) is 9.59 Å². The Balaban J connectivity index is 1.32. The molecule has 0 N–H and O–H groups in total. The fraction of sp³-hybridized carbons (Fsp3) is 0.200. The van der Waals surface area contributed by atoms with E-state index in [4.69, 9.17) is 37.4 Å². The number of hydrogen-bond acceptors (Lipinski definition) is 5. The first-order chi connectivity index (χ1) is 23.4. The monoisotopic (exact) mass is 681 g/mol. The number of alkyl halides is 2. The normalized spacial score (nSPS) is 11.5. The molecule has 0 aromatic heterocycles. The first kappa shape index (κ1) is 34.6. The van der Waals surface area contributed by atoms with E-state index >= 15 is 0 Å². The smallest absolute Gasteiger partial charge is 0.340 e. The molecule has 5 rings (SSSR count). The van der Waals surface area contributed by atoms with Gasteiger partial charge >= 0.3 is 5.97 Å². The minimum atomic E-state index is -1.45. The summed E-state index contributed by atoms with van der Waals surface area (Å²) in [5, 5.41) is 0. The van der Waals surface area contributed by atoms with Gasteiger partial charge in [-0.2, -0.15) is 0 Å². The summed E-state index contributed by atoms with van der Waals surface area (Å²) >= 11 is 11.8. The fourth-order valence-electron chi connectivity index (χ4n) is 5.18. The lowest BCUT2D eigenvalue weighted by atomic mass is 10.1. The van der Waals surface area contributed by atoms with Crippen molar-refractivity contribution in [1.82, 2.24) is 4.90 Å². The average Bonchev–Trinajstić information content (AvgIpc) is 3.13. The topological polar surface area (TPSA) is 65.1 Å². The molecule has 5 aromatic carbocycles. The third-order valence-corrected chi connectivity index (χ3v) is 7.97. The highest BCUT2D eigenvalue weighted by molar-refractivity contribution is 6.52. The Morgan fingerprint density at radius 3 is 1.71 bits per heavy atom. The van der Waals surface area contributed by atoms with Crippen molar-refractivity contribution in [3.8, 4) is 11.5 Å². The molecule has 6 nitrogen and oxygen atoms in total. The third kappa shape index (κ3) is 10.6. The van der Waals surface area contributed by atoms with Gasteiger partial charge in [0.05, 0.1) is 0 Å². The molecule has 1 amide bonds. The minimum Gasteiger partial charge on any atom is -0.489 e. The zero-order valence-corrected chi connectivity index (χ0v) is 27.9. The number of carbonyl (C=O) groups is 2. The molecule has 0 saturated heterocycles. The van der Waals surface area contributed by atoms with E-state index < -0.39 is 16.9 Å². The van der Waals surface area contributed by atoms with Crippen LogP contribution in [0.4, 0.5) is 0 Å². The molecule has 0 aliphatic carbocycles. The van der Waals surface area contributed by atoms with E-state index in [0.717, 1.165) is 28.0 Å². The Morgan fingerprint density at radius 2 is 1.12 bits per heavy atom. The zero-order chi connectivity index (χ0) is 33.6. The standard InChI is InChI=1S/C40H37Cl2NO5/c41-38(42)40(45)48-37(34-21-11-23-36(26-34)47-29-33-17-8-3-9-18-33)39(44)43(27-31-13-4-1-5-14-31)24-12-20-30-19-10-22-35(25-30)46-28-32-15-6-2-7-16-32/h1-11,13-19,21-23,25-26,37-38H,12,20,24,27-29H2/t37-/m1/s1. The summed E-state index contributed by atoms with van der Waals surface area (Å²) in [5.41, 5.74) is 4.58. The van der Waals surface area contributed by atoms with Gasteiger partial charge < -0.3 is 19.1 Å². The summed E-state index contributed by atoms with van der Waals surface area (Å²) in [6.07, 6.45) is 0.0888. The van der Waals surface area contributed by atoms with Gasteiger partial charge in [-0.1, -0.05) is 138 Å². The van der Waals surface area contributed by atoms with Gasteiger partial charge in [-0.3, -0.25) is 4.79 Å². The molecular weight excluding hydrogens is 645 g/mol. The van der Waals surface area contributed by atoms with Crippen molar-refractivity contribution in [3.05, 3.63) is 167 Å². The van der Waals surface area contributed by atoms with Crippen LogP contribution in [0.2, 0.25) is 0 Å². The van der Waals surface area contributed by atoms with Crippen LogP contribution in [0.25, 0.3) is 0 Å². The lowest BCUT2D eigenvalue weighted by Gasteiger charge is -2.28. The Kier molecular flexibility index (Phi) is 12.9. The fourth-order valence-corrected chi connectivity index (χ4v) is 5.28. The van der Waals surface area contributed by atoms with Crippen molar-refractivity contribution in [2.45, 2.75) is 43.5 Å². The van der Waals surface area contributed by atoms with Gasteiger partial charge in [-0.15, -0.1) is 0 Å². The van der Waals surface area contributed by atoms with Crippen LogP contribution >= 0.6 is 23.2 Å². The Bertz CT molecular complexity index is 1740. The zero-order valence-electron chi connectivity index (χ0n) is 26.4. The Morgan fingerprint density at radius 1 is 0.604 bits per heavy atom. The number of nitrogens with zero attached hydrogens (tertiary/aromatic N) is 1. The van der Waals surface area contributed by atoms with E-state index in [2.05, 4.69) is 0 Å². The quantitative estimate of drug-likeness (QED) is 0.0769. The first-order valence-corrected chi connectivity index (χ1v) is 16.7. The molecule has 0 heterocycles. The van der Waals surface area contributed by atoms with E-state index in [1.165, 1.54) is 0 Å². The molecule has 0 aliphatic heterocycles. The summed E-state index contributed by atoms with van der Waals surface area (Å²) in [7, 11) is 0. The van der Waals surface area contributed by atoms with Gasteiger partial charge in [0.15, 0.2) is 0 Å². The maximum atomic E-state index is 14.3. The number of benzene rings is 5. The lowest BCUT2D eigenvalue weighted by Crippen LogP contribution is -2.38. The SMILES string of the molecule is O=C(O[C@@H](C(=O)N(CCCc1cccc(OCc2ccccc2)c1)Cc1ccccc1)c1cccc(OCc2ccccc2)c1)C(Cl)Cl. The van der Waals surface area contributed by atoms with Crippen LogP contribution in [-0.4, -0.2) is 28.2 Å². The van der Waals surface area contributed by atoms with E-state index in [-0.39, 0.29) is 5.91 Å². The van der Waals surface area contributed by atoms with Gasteiger partial charge in [0.2, 0.25) is 10.9 Å². The number of halogens is 2. The summed E-state index contributed by atoms with van der Waals surface area (Å²) in [6, 6.07) is 44.4. The second-order valence-corrected chi connectivity index (χ2v) is 12.3. The van der Waals surface area contributed by atoms with Gasteiger partial charge in [-0.25, -0.2) is 4.79 Å². The number of amides is 1. The number of esters is 1. The van der Waals surface area contributed by atoms with Crippen molar-refractivity contribution >= 4 is 35.1 Å². The number of hydrogen-bond donors (Lipinski definition) is 0. The van der Waals surface area contributed by atoms with E-state index in [1.807, 2.05) is 115 Å². The highest BCUT2D eigenvalue weighted by atomic mass is 35.5. The van der Waals surface area contributed by atoms with Crippen molar-refractivity contribution in [3.63, 3.8) is 0 Å². The maximum Gasteiger partial charge on any atom is 0.340 e. The molecule has 0 bridgehead atoms. The second kappa shape index (κ2) is 17.9. The molecule has 0 radical (unpaired) electrons. The number of ether oxygens (including phenoxy) is 3. The molecule has 8 heteroatoms. The van der Waals surface area contributed by atoms with Crippen LogP contribution in [0.15, 0.2) is 140 Å². The van der Waals surface area contributed by atoms with Crippen molar-refractivity contribution in [2.75, 3.05) is 6.54 Å². The van der Waals surface area contributed by atoms with Crippen molar-refractivity contribution in [2.24, 2.45) is 0 Å². The first-order valence-electron chi connectivity index (χ1n) is 15.8. The van der Waals surface area contributed by atoms with Crippen LogP contribution in [-0.2, 0) is 40.5 Å². The Labute approximate surface area is 291 Å². The predicted octanol–water partition coefficient (Wildman–Crippen LogP) is 8.89. The lowest BCUT2D eigenvalue weighted by molar-refractivity contribution is -0.160. The molecule has 5 aromatic rings. The summed E-state index contributed by atoms with van der Waals surface area (Å²) in [6.45, 7) is 1.55. The van der Waals surface area contributed by atoms with Crippen molar-refractivity contribution in [1.29, 1.82) is 0 Å². The van der Waals surface area contributed by atoms with E-state index in [0.29, 0.717) is 50.5 Å². The molecule has 0 unspecified atom stereocenters. The highest BCUT2D eigenvalue weighted by Crippen LogP contribution is 2.28. The maximum absolute atomic E-state index is 14.3. The minimum absolute atomic E-state index is 0.323. The van der Waals surface area contributed by atoms with Gasteiger partial charge in [0.1, 0.15) is 24.7 Å². The average molecular weight is 683 g/mol. The van der Waals surface area contributed by atoms with Crippen LogP contribution in [0, 0.1) is 0 Å². The number of carbonyl (C=O) groups excluding carboxylic acids is 2.